The molecule has 0 aliphatic carbocycles. The Morgan fingerprint density at radius 2 is 1.78 bits per heavy atom. The molecule has 27 heavy (non-hydrogen) atoms. The second-order valence-electron chi connectivity index (χ2n) is 5.89. The number of fused-ring (bicyclic) bond motifs is 1. The Morgan fingerprint density at radius 3 is 2.44 bits per heavy atom. The van der Waals surface area contributed by atoms with Gasteiger partial charge in [0, 0.05) is 23.7 Å². The molecule has 0 saturated carbocycles. The fourth-order valence-corrected chi connectivity index (χ4v) is 2.74. The topological polar surface area (TPSA) is 76.7 Å². The van der Waals surface area contributed by atoms with Crippen molar-refractivity contribution in [1.29, 1.82) is 0 Å². The third-order valence-corrected chi connectivity index (χ3v) is 3.98. The van der Waals surface area contributed by atoms with Gasteiger partial charge in [-0.1, -0.05) is 23.7 Å². The van der Waals surface area contributed by atoms with Crippen molar-refractivity contribution in [2.75, 3.05) is 5.32 Å². The van der Waals surface area contributed by atoms with Crippen molar-refractivity contribution < 1.29 is 27.8 Å². The zero-order valence-corrected chi connectivity index (χ0v) is 14.8. The fourth-order valence-electron chi connectivity index (χ4n) is 2.62. The molecule has 0 fully saturated rings. The zero-order valence-electron chi connectivity index (χ0n) is 14.1. The summed E-state index contributed by atoms with van der Waals surface area (Å²) in [6, 6.07) is 10.1. The molecule has 9 heteroatoms. The third kappa shape index (κ3) is 4.85. The van der Waals surface area contributed by atoms with Gasteiger partial charge >= 0.3 is 6.29 Å². The van der Waals surface area contributed by atoms with Gasteiger partial charge in [0.05, 0.1) is 12.5 Å². The number of anilines is 1. The van der Waals surface area contributed by atoms with E-state index >= 15 is 0 Å². The van der Waals surface area contributed by atoms with Crippen molar-refractivity contribution in [3.05, 3.63) is 53.1 Å². The predicted molar refractivity (Wildman–Crippen MR) is 93.9 cm³/mol. The maximum atomic E-state index is 13.1. The first-order valence-electron chi connectivity index (χ1n) is 7.94. The summed E-state index contributed by atoms with van der Waals surface area (Å²) in [5, 5.41) is 5.81. The van der Waals surface area contributed by atoms with E-state index in [0.717, 1.165) is 0 Å². The molecule has 1 unspecified atom stereocenters. The number of amides is 2. The average Bonchev–Trinajstić information content (AvgIpc) is 2.87. The van der Waals surface area contributed by atoms with Gasteiger partial charge in [-0.15, -0.1) is 8.78 Å². The van der Waals surface area contributed by atoms with Crippen LogP contribution in [-0.4, -0.2) is 18.1 Å². The van der Waals surface area contributed by atoms with Gasteiger partial charge in [-0.3, -0.25) is 9.59 Å². The van der Waals surface area contributed by atoms with Gasteiger partial charge in [-0.05, 0) is 29.8 Å². The van der Waals surface area contributed by atoms with E-state index in [1.165, 1.54) is 25.1 Å². The Bertz CT molecular complexity index is 874. The van der Waals surface area contributed by atoms with Crippen molar-refractivity contribution >= 4 is 29.1 Å². The molecule has 1 atom stereocenters. The molecule has 2 amide bonds. The Balaban J connectivity index is 1.69. The molecular weight excluding hydrogens is 382 g/mol. The lowest BCUT2D eigenvalue weighted by Gasteiger charge is -2.18. The summed E-state index contributed by atoms with van der Waals surface area (Å²) in [4.78, 5) is 23.8. The van der Waals surface area contributed by atoms with Gasteiger partial charge < -0.3 is 20.1 Å². The van der Waals surface area contributed by atoms with Gasteiger partial charge in [-0.2, -0.15) is 0 Å². The first kappa shape index (κ1) is 18.9. The van der Waals surface area contributed by atoms with Crippen molar-refractivity contribution in [3.63, 3.8) is 0 Å². The Hall–Kier alpha value is -2.87. The van der Waals surface area contributed by atoms with Crippen molar-refractivity contribution in [3.8, 4) is 11.5 Å². The second-order valence-corrected chi connectivity index (χ2v) is 6.32. The van der Waals surface area contributed by atoms with E-state index in [1.807, 2.05) is 0 Å². The largest absolute Gasteiger partial charge is 0.586 e. The van der Waals surface area contributed by atoms with Gasteiger partial charge in [-0.25, -0.2) is 0 Å². The molecule has 1 aliphatic heterocycles. The normalized spacial score (nSPS) is 15.1. The Morgan fingerprint density at radius 1 is 1.11 bits per heavy atom. The van der Waals surface area contributed by atoms with Crippen LogP contribution in [0.15, 0.2) is 42.5 Å². The number of carbonyl (C=O) groups is 2. The SMILES string of the molecule is CC(=O)NC(CC(=O)Nc1ccc2c(c1)OC(F)(F)O2)c1ccc(Cl)cc1. The van der Waals surface area contributed by atoms with Gasteiger partial charge in [0.25, 0.3) is 0 Å². The summed E-state index contributed by atoms with van der Waals surface area (Å²) in [5.41, 5.74) is 0.966. The molecule has 0 aromatic heterocycles. The second kappa shape index (κ2) is 7.40. The van der Waals surface area contributed by atoms with Crippen molar-refractivity contribution in [2.24, 2.45) is 0 Å². The maximum Gasteiger partial charge on any atom is 0.586 e. The van der Waals surface area contributed by atoms with Crippen LogP contribution in [0.25, 0.3) is 0 Å². The lowest BCUT2D eigenvalue weighted by Crippen LogP contribution is -2.29. The van der Waals surface area contributed by atoms with Crippen molar-refractivity contribution in [2.45, 2.75) is 25.7 Å². The predicted octanol–water partition coefficient (Wildman–Crippen LogP) is 3.87. The molecule has 142 valence electrons. The molecule has 1 aliphatic rings. The number of benzene rings is 2. The van der Waals surface area contributed by atoms with Crippen LogP contribution in [0, 0.1) is 0 Å². The van der Waals surface area contributed by atoms with E-state index in [-0.39, 0.29) is 29.5 Å². The number of nitrogens with one attached hydrogen (secondary N) is 2. The van der Waals surface area contributed by atoms with Crippen LogP contribution < -0.4 is 20.1 Å². The summed E-state index contributed by atoms with van der Waals surface area (Å²) >= 11 is 5.86. The number of hydrogen-bond acceptors (Lipinski definition) is 4. The highest BCUT2D eigenvalue weighted by Crippen LogP contribution is 2.42. The van der Waals surface area contributed by atoms with E-state index in [0.29, 0.717) is 10.6 Å². The lowest BCUT2D eigenvalue weighted by atomic mass is 10.0. The zero-order chi connectivity index (χ0) is 19.6. The maximum absolute atomic E-state index is 13.1. The summed E-state index contributed by atoms with van der Waals surface area (Å²) in [6.07, 6.45) is -3.79. The number of ether oxygens (including phenoxy) is 2. The highest BCUT2D eigenvalue weighted by atomic mass is 35.5. The minimum Gasteiger partial charge on any atom is -0.395 e. The summed E-state index contributed by atoms with van der Waals surface area (Å²) < 4.78 is 34.8. The van der Waals surface area contributed by atoms with E-state index in [4.69, 9.17) is 11.6 Å². The lowest BCUT2D eigenvalue weighted by molar-refractivity contribution is -0.286. The molecule has 1 heterocycles. The Kier molecular flexibility index (Phi) is 5.18. The number of hydrogen-bond donors (Lipinski definition) is 2. The van der Waals surface area contributed by atoms with E-state index < -0.39 is 18.2 Å². The minimum absolute atomic E-state index is 0.0637. The summed E-state index contributed by atoms with van der Waals surface area (Å²) in [5.74, 6) is -1.01. The van der Waals surface area contributed by atoms with Gasteiger partial charge in [0.1, 0.15) is 0 Å². The summed E-state index contributed by atoms with van der Waals surface area (Å²) in [6.45, 7) is 1.35. The highest BCUT2D eigenvalue weighted by molar-refractivity contribution is 6.30. The molecule has 0 spiro atoms. The van der Waals surface area contributed by atoms with Gasteiger partial charge in [0.2, 0.25) is 11.8 Å². The van der Waals surface area contributed by atoms with Crippen LogP contribution in [0.3, 0.4) is 0 Å². The minimum atomic E-state index is -3.73. The van der Waals surface area contributed by atoms with Crippen LogP contribution in [0.5, 0.6) is 11.5 Å². The first-order valence-corrected chi connectivity index (χ1v) is 8.32. The average molecular weight is 397 g/mol. The molecule has 2 aromatic carbocycles. The Labute approximate surface area is 158 Å². The van der Waals surface area contributed by atoms with Crippen LogP contribution in [0.1, 0.15) is 24.9 Å². The van der Waals surface area contributed by atoms with Crippen LogP contribution in [-0.2, 0) is 9.59 Å². The molecular formula is C18H15ClF2N2O4. The molecule has 0 bridgehead atoms. The fraction of sp³-hybridized carbons (Fsp3) is 0.222. The van der Waals surface area contributed by atoms with E-state index in [2.05, 4.69) is 20.1 Å². The van der Waals surface area contributed by atoms with Crippen LogP contribution >= 0.6 is 11.6 Å². The highest BCUT2D eigenvalue weighted by Gasteiger charge is 2.43. The van der Waals surface area contributed by atoms with Crippen molar-refractivity contribution in [1.82, 2.24) is 5.32 Å². The van der Waals surface area contributed by atoms with E-state index in [1.54, 1.807) is 24.3 Å². The number of carbonyl (C=O) groups excluding carboxylic acids is 2. The molecule has 6 nitrogen and oxygen atoms in total. The number of alkyl halides is 2. The van der Waals surface area contributed by atoms with Crippen LogP contribution in [0.2, 0.25) is 5.02 Å². The molecule has 2 N–H and O–H groups in total. The summed E-state index contributed by atoms with van der Waals surface area (Å²) in [7, 11) is 0. The van der Waals surface area contributed by atoms with Crippen LogP contribution in [0.4, 0.5) is 14.5 Å². The quantitative estimate of drug-likeness (QED) is 0.804. The standard InChI is InChI=1S/C18H15ClF2N2O4/c1-10(24)22-14(11-2-4-12(19)5-3-11)9-17(25)23-13-6-7-15-16(8-13)27-18(20,21)26-15/h2-8,14H,9H2,1H3,(H,22,24)(H,23,25). The van der Waals surface area contributed by atoms with E-state index in [9.17, 15) is 18.4 Å². The monoisotopic (exact) mass is 396 g/mol. The smallest absolute Gasteiger partial charge is 0.395 e. The number of halogens is 3. The molecule has 2 aromatic rings. The number of rotatable bonds is 5. The first-order chi connectivity index (χ1) is 12.7. The van der Waals surface area contributed by atoms with Gasteiger partial charge in [0.15, 0.2) is 11.5 Å². The third-order valence-electron chi connectivity index (χ3n) is 3.72. The molecule has 0 saturated heterocycles. The molecule has 0 radical (unpaired) electrons. The molecule has 3 rings (SSSR count).